The van der Waals surface area contributed by atoms with Gasteiger partial charge in [-0.05, 0) is 46.2 Å². The minimum absolute atomic E-state index is 0.0527. The second-order valence-corrected chi connectivity index (χ2v) is 6.29. The molecule has 0 radical (unpaired) electrons. The Morgan fingerprint density at radius 3 is 2.63 bits per heavy atom. The van der Waals surface area contributed by atoms with E-state index >= 15 is 0 Å². The molecular formula is C14H22FN3O. The molecule has 1 aliphatic rings. The van der Waals surface area contributed by atoms with Gasteiger partial charge >= 0.3 is 0 Å². The Hall–Kier alpha value is -1.04. The summed E-state index contributed by atoms with van der Waals surface area (Å²) in [5.41, 5.74) is 2.44. The minimum atomic E-state index is -0.384. The highest BCUT2D eigenvalue weighted by Crippen LogP contribution is 2.47. The predicted molar refractivity (Wildman–Crippen MR) is 71.6 cm³/mol. The van der Waals surface area contributed by atoms with Crippen molar-refractivity contribution in [2.45, 2.75) is 51.4 Å². The molecule has 2 rings (SSSR count). The van der Waals surface area contributed by atoms with Crippen molar-refractivity contribution in [3.8, 4) is 0 Å². The van der Waals surface area contributed by atoms with Crippen LogP contribution in [0.3, 0.4) is 0 Å². The number of nitrogens with zero attached hydrogens (tertiary/aromatic N) is 1. The second kappa shape index (κ2) is 4.81. The third-order valence-corrected chi connectivity index (χ3v) is 3.81. The van der Waals surface area contributed by atoms with E-state index < -0.39 is 0 Å². The molecule has 0 aromatic carbocycles. The van der Waals surface area contributed by atoms with Crippen molar-refractivity contribution in [3.05, 3.63) is 29.8 Å². The summed E-state index contributed by atoms with van der Waals surface area (Å²) in [7, 11) is 0. The number of ether oxygens (including phenoxy) is 1. The van der Waals surface area contributed by atoms with E-state index in [9.17, 15) is 4.39 Å². The number of rotatable bonds is 3. The number of nitrogens with one attached hydrogen (secondary N) is 1. The van der Waals surface area contributed by atoms with Crippen LogP contribution in [-0.4, -0.2) is 16.2 Å². The van der Waals surface area contributed by atoms with E-state index in [2.05, 4.69) is 10.4 Å². The molecule has 2 heterocycles. The van der Waals surface area contributed by atoms with Crippen LogP contribution in [0.1, 0.15) is 45.9 Å². The second-order valence-electron chi connectivity index (χ2n) is 6.29. The normalized spacial score (nSPS) is 26.3. The van der Waals surface area contributed by atoms with Gasteiger partial charge in [0.15, 0.2) is 0 Å². The topological polar surface area (TPSA) is 60.2 Å². The zero-order chi connectivity index (χ0) is 14.3. The highest BCUT2D eigenvalue weighted by molar-refractivity contribution is 5.15. The summed E-state index contributed by atoms with van der Waals surface area (Å²) in [6, 6.07) is 2.62. The first-order valence-electron chi connectivity index (χ1n) is 6.53. The van der Waals surface area contributed by atoms with Crippen LogP contribution in [0, 0.1) is 11.7 Å². The molecule has 2 atom stereocenters. The number of halogens is 1. The molecule has 106 valence electrons. The Bertz CT molecular complexity index is 462. The van der Waals surface area contributed by atoms with E-state index in [1.807, 2.05) is 27.7 Å². The molecule has 1 fully saturated rings. The standard InChI is InChI=1S/C14H22FN3O/c1-13(2)8-9(14(3,4)19-13)11(18-16)12-10(15)6-5-7-17-12/h5-7,9,11,18H,8,16H2,1-4H3. The number of nitrogens with two attached hydrogens (primary N) is 1. The van der Waals surface area contributed by atoms with Crippen molar-refractivity contribution in [1.82, 2.24) is 10.4 Å². The average Bonchev–Trinajstić information content (AvgIpc) is 2.51. The maximum Gasteiger partial charge on any atom is 0.146 e. The van der Waals surface area contributed by atoms with E-state index in [4.69, 9.17) is 10.6 Å². The molecule has 0 spiro atoms. The van der Waals surface area contributed by atoms with E-state index in [1.165, 1.54) is 6.07 Å². The van der Waals surface area contributed by atoms with Crippen LogP contribution in [0.4, 0.5) is 4.39 Å². The van der Waals surface area contributed by atoms with Gasteiger partial charge in [-0.2, -0.15) is 0 Å². The molecule has 0 saturated carbocycles. The Kier molecular flexibility index (Phi) is 3.64. The lowest BCUT2D eigenvalue weighted by atomic mass is 9.80. The lowest BCUT2D eigenvalue weighted by Gasteiger charge is -2.32. The molecule has 19 heavy (non-hydrogen) atoms. The zero-order valence-electron chi connectivity index (χ0n) is 11.9. The van der Waals surface area contributed by atoms with Crippen molar-refractivity contribution < 1.29 is 9.13 Å². The van der Waals surface area contributed by atoms with Crippen LogP contribution in [0.15, 0.2) is 18.3 Å². The van der Waals surface area contributed by atoms with Gasteiger partial charge in [0.2, 0.25) is 0 Å². The van der Waals surface area contributed by atoms with E-state index in [0.717, 1.165) is 6.42 Å². The molecule has 1 saturated heterocycles. The van der Waals surface area contributed by atoms with Gasteiger partial charge in [-0.25, -0.2) is 4.39 Å². The summed E-state index contributed by atoms with van der Waals surface area (Å²) >= 11 is 0. The Morgan fingerprint density at radius 1 is 1.47 bits per heavy atom. The number of hydrogen-bond donors (Lipinski definition) is 2. The molecule has 4 nitrogen and oxygen atoms in total. The third kappa shape index (κ3) is 2.78. The highest BCUT2D eigenvalue weighted by atomic mass is 19.1. The van der Waals surface area contributed by atoms with Gasteiger partial charge in [-0.3, -0.25) is 16.3 Å². The van der Waals surface area contributed by atoms with Crippen molar-refractivity contribution in [3.63, 3.8) is 0 Å². The first kappa shape index (κ1) is 14.4. The predicted octanol–water partition coefficient (Wildman–Crippen LogP) is 2.32. The number of hydrazine groups is 1. The van der Waals surface area contributed by atoms with Gasteiger partial charge in [0.25, 0.3) is 0 Å². The maximum absolute atomic E-state index is 13.9. The largest absolute Gasteiger partial charge is 0.369 e. The van der Waals surface area contributed by atoms with Gasteiger partial charge in [-0.1, -0.05) is 0 Å². The molecule has 0 amide bonds. The smallest absolute Gasteiger partial charge is 0.146 e. The third-order valence-electron chi connectivity index (χ3n) is 3.81. The van der Waals surface area contributed by atoms with Gasteiger partial charge in [0.05, 0.1) is 22.9 Å². The molecular weight excluding hydrogens is 245 g/mol. The summed E-state index contributed by atoms with van der Waals surface area (Å²) in [4.78, 5) is 4.13. The Balaban J connectivity index is 2.36. The fourth-order valence-electron chi connectivity index (χ4n) is 3.14. The van der Waals surface area contributed by atoms with E-state index in [1.54, 1.807) is 12.3 Å². The highest BCUT2D eigenvalue weighted by Gasteiger charge is 2.50. The summed E-state index contributed by atoms with van der Waals surface area (Å²) < 4.78 is 20.0. The summed E-state index contributed by atoms with van der Waals surface area (Å²) in [6.45, 7) is 8.10. The Morgan fingerprint density at radius 2 is 2.16 bits per heavy atom. The van der Waals surface area contributed by atoms with E-state index in [0.29, 0.717) is 5.69 Å². The summed E-state index contributed by atoms with van der Waals surface area (Å²) in [5, 5.41) is 0. The first-order valence-corrected chi connectivity index (χ1v) is 6.53. The first-order chi connectivity index (χ1) is 8.77. The summed E-state index contributed by atoms with van der Waals surface area (Å²) in [5.74, 6) is 5.36. The van der Waals surface area contributed by atoms with E-state index in [-0.39, 0.29) is 29.0 Å². The summed E-state index contributed by atoms with van der Waals surface area (Å²) in [6.07, 6.45) is 2.38. The minimum Gasteiger partial charge on any atom is -0.369 e. The molecule has 5 heteroatoms. The fourth-order valence-corrected chi connectivity index (χ4v) is 3.14. The molecule has 1 aliphatic heterocycles. The SMILES string of the molecule is CC1(C)CC(C(NN)c2ncccc2F)C(C)(C)O1. The van der Waals surface area contributed by atoms with Crippen LogP contribution >= 0.6 is 0 Å². The number of pyridine rings is 1. The maximum atomic E-state index is 13.9. The van der Waals surface area contributed by atoms with Gasteiger partial charge in [0, 0.05) is 12.1 Å². The zero-order valence-corrected chi connectivity index (χ0v) is 11.9. The van der Waals surface area contributed by atoms with Crippen LogP contribution in [0.2, 0.25) is 0 Å². The van der Waals surface area contributed by atoms with Gasteiger partial charge in [-0.15, -0.1) is 0 Å². The van der Waals surface area contributed by atoms with Crippen molar-refractivity contribution >= 4 is 0 Å². The van der Waals surface area contributed by atoms with Gasteiger partial charge in [0.1, 0.15) is 5.82 Å². The molecule has 1 aromatic rings. The van der Waals surface area contributed by atoms with Crippen molar-refractivity contribution in [2.24, 2.45) is 11.8 Å². The number of hydrogen-bond acceptors (Lipinski definition) is 4. The quantitative estimate of drug-likeness (QED) is 0.652. The van der Waals surface area contributed by atoms with Crippen LogP contribution in [-0.2, 0) is 4.74 Å². The molecule has 3 N–H and O–H groups in total. The molecule has 1 aromatic heterocycles. The van der Waals surface area contributed by atoms with Crippen molar-refractivity contribution in [1.29, 1.82) is 0 Å². The Labute approximate surface area is 113 Å². The van der Waals surface area contributed by atoms with Crippen molar-refractivity contribution in [2.75, 3.05) is 0 Å². The van der Waals surface area contributed by atoms with Crippen LogP contribution < -0.4 is 11.3 Å². The monoisotopic (exact) mass is 267 g/mol. The van der Waals surface area contributed by atoms with Crippen LogP contribution in [0.25, 0.3) is 0 Å². The molecule has 0 bridgehead atoms. The average molecular weight is 267 g/mol. The lowest BCUT2D eigenvalue weighted by molar-refractivity contribution is -0.0781. The lowest BCUT2D eigenvalue weighted by Crippen LogP contribution is -2.42. The van der Waals surface area contributed by atoms with Crippen LogP contribution in [0.5, 0.6) is 0 Å². The fraction of sp³-hybridized carbons (Fsp3) is 0.643. The number of aromatic nitrogens is 1. The molecule has 0 aliphatic carbocycles. The molecule has 2 unspecified atom stereocenters. The van der Waals surface area contributed by atoms with Gasteiger partial charge < -0.3 is 4.74 Å².